The Morgan fingerprint density at radius 1 is 1.27 bits per heavy atom. The van der Waals surface area contributed by atoms with Crippen LogP contribution < -0.4 is 5.32 Å². The highest BCUT2D eigenvalue weighted by molar-refractivity contribution is 5.91. The first kappa shape index (κ1) is 21.3. The number of fused-ring (bicyclic) bond motifs is 2. The van der Waals surface area contributed by atoms with Crippen molar-refractivity contribution in [3.05, 3.63) is 47.7 Å². The quantitative estimate of drug-likeness (QED) is 0.586. The van der Waals surface area contributed by atoms with Crippen LogP contribution in [0, 0.1) is 18.8 Å². The van der Waals surface area contributed by atoms with Crippen molar-refractivity contribution in [3.63, 3.8) is 0 Å². The van der Waals surface area contributed by atoms with Gasteiger partial charge in [-0.3, -0.25) is 0 Å². The Morgan fingerprint density at radius 3 is 2.70 bits per heavy atom. The lowest BCUT2D eigenvalue weighted by Gasteiger charge is -2.61. The fraction of sp³-hybridized carbons (Fsp3) is 0.450. The molecule has 33 heavy (non-hydrogen) atoms. The molecule has 1 aliphatic carbocycles. The van der Waals surface area contributed by atoms with Crippen LogP contribution in [0.2, 0.25) is 0 Å². The molecular formula is C20H19F4N7O2. The number of rotatable bonds is 3. The molecule has 2 fully saturated rings. The first-order valence-electron chi connectivity index (χ1n) is 10.3. The molecule has 2 amide bonds. The van der Waals surface area contributed by atoms with E-state index in [0.29, 0.717) is 41.5 Å². The SMILES string of the molecule is Cc1nnc(C23CC(C)CC(C2)N3C(=O)Nc2ccc(C(F)(F)F)c(-n3ncc(F)n3)c2)o1. The molecule has 0 radical (unpaired) electrons. The average molecular weight is 465 g/mol. The first-order chi connectivity index (χ1) is 15.6. The van der Waals surface area contributed by atoms with E-state index in [1.54, 1.807) is 11.8 Å². The summed E-state index contributed by atoms with van der Waals surface area (Å²) in [6.45, 7) is 3.74. The van der Waals surface area contributed by atoms with E-state index in [4.69, 9.17) is 4.42 Å². The van der Waals surface area contributed by atoms with Gasteiger partial charge < -0.3 is 14.6 Å². The second kappa shape index (κ2) is 7.25. The van der Waals surface area contributed by atoms with Crippen molar-refractivity contribution in [2.75, 3.05) is 5.32 Å². The summed E-state index contributed by atoms with van der Waals surface area (Å²) in [5, 5.41) is 17.5. The van der Waals surface area contributed by atoms with Gasteiger partial charge in [0.05, 0.1) is 5.56 Å². The van der Waals surface area contributed by atoms with Crippen LogP contribution >= 0.6 is 0 Å². The predicted molar refractivity (Wildman–Crippen MR) is 105 cm³/mol. The summed E-state index contributed by atoms with van der Waals surface area (Å²) >= 11 is 0. The fourth-order valence-electron chi connectivity index (χ4n) is 4.99. The van der Waals surface area contributed by atoms with Gasteiger partial charge in [-0.25, -0.2) is 4.79 Å². The van der Waals surface area contributed by atoms with Gasteiger partial charge in [0.2, 0.25) is 11.8 Å². The van der Waals surface area contributed by atoms with Gasteiger partial charge in [-0.1, -0.05) is 6.92 Å². The van der Waals surface area contributed by atoms with Gasteiger partial charge in [0.25, 0.3) is 5.95 Å². The minimum Gasteiger partial charge on any atom is -0.423 e. The Kier molecular flexibility index (Phi) is 4.69. The van der Waals surface area contributed by atoms with Crippen molar-refractivity contribution in [2.45, 2.75) is 50.9 Å². The largest absolute Gasteiger partial charge is 0.423 e. The van der Waals surface area contributed by atoms with Crippen molar-refractivity contribution < 1.29 is 26.8 Å². The van der Waals surface area contributed by atoms with E-state index in [9.17, 15) is 22.4 Å². The molecule has 1 saturated carbocycles. The molecule has 5 rings (SSSR count). The molecule has 1 aromatic carbocycles. The van der Waals surface area contributed by atoms with Crippen LogP contribution in [0.15, 0.2) is 28.8 Å². The zero-order chi connectivity index (χ0) is 23.5. The topological polar surface area (TPSA) is 102 Å². The van der Waals surface area contributed by atoms with E-state index >= 15 is 0 Å². The summed E-state index contributed by atoms with van der Waals surface area (Å²) in [5.74, 6) is 0.0327. The molecule has 3 atom stereocenters. The van der Waals surface area contributed by atoms with Gasteiger partial charge in [0, 0.05) is 25.1 Å². The molecule has 9 nitrogen and oxygen atoms in total. The smallest absolute Gasteiger partial charge is 0.418 e. The predicted octanol–water partition coefficient (Wildman–Crippen LogP) is 4.05. The van der Waals surface area contributed by atoms with Crippen LogP contribution in [0.4, 0.5) is 28.0 Å². The highest BCUT2D eigenvalue weighted by Gasteiger charge is 2.62. The molecule has 1 N–H and O–H groups in total. The van der Waals surface area contributed by atoms with E-state index in [2.05, 4.69) is 32.6 Å². The Bertz CT molecular complexity index is 1220. The third-order valence-corrected chi connectivity index (χ3v) is 6.14. The van der Waals surface area contributed by atoms with Gasteiger partial charge in [-0.15, -0.1) is 20.1 Å². The highest BCUT2D eigenvalue weighted by atomic mass is 19.4. The number of piperidine rings is 1. The third-order valence-electron chi connectivity index (χ3n) is 6.14. The third kappa shape index (κ3) is 3.51. The highest BCUT2D eigenvalue weighted by Crippen LogP contribution is 2.55. The van der Waals surface area contributed by atoms with E-state index in [1.165, 1.54) is 0 Å². The molecule has 3 heterocycles. The lowest BCUT2D eigenvalue weighted by molar-refractivity contribution is -0.137. The van der Waals surface area contributed by atoms with Crippen LogP contribution in [0.3, 0.4) is 0 Å². The van der Waals surface area contributed by atoms with Gasteiger partial charge in [-0.2, -0.15) is 22.7 Å². The van der Waals surface area contributed by atoms with E-state index in [0.717, 1.165) is 24.6 Å². The number of benzene rings is 1. The molecule has 2 aliphatic rings. The second-order valence-electron chi connectivity index (χ2n) is 8.55. The minimum atomic E-state index is -4.73. The van der Waals surface area contributed by atoms with Gasteiger partial charge in [0.1, 0.15) is 17.4 Å². The van der Waals surface area contributed by atoms with Crippen LogP contribution in [0.1, 0.15) is 43.5 Å². The number of halogens is 4. The summed E-state index contributed by atoms with van der Waals surface area (Å²) in [6.07, 6.45) is -1.94. The second-order valence-corrected chi connectivity index (χ2v) is 8.55. The maximum Gasteiger partial charge on any atom is 0.418 e. The van der Waals surface area contributed by atoms with Crippen LogP contribution in [0.25, 0.3) is 5.69 Å². The number of alkyl halides is 3. The van der Waals surface area contributed by atoms with E-state index in [1.807, 2.05) is 0 Å². The van der Waals surface area contributed by atoms with Crippen molar-refractivity contribution in [3.8, 4) is 5.69 Å². The number of likely N-dealkylation sites (tertiary alicyclic amines) is 1. The Hall–Kier alpha value is -3.51. The number of nitrogens with zero attached hydrogens (tertiary/aromatic N) is 6. The Balaban J connectivity index is 1.46. The number of anilines is 1. The molecule has 2 aromatic heterocycles. The molecule has 13 heteroatoms. The first-order valence-corrected chi connectivity index (χ1v) is 10.3. The summed E-state index contributed by atoms with van der Waals surface area (Å²) in [4.78, 5) is 15.4. The fourth-order valence-corrected chi connectivity index (χ4v) is 4.99. The molecule has 3 unspecified atom stereocenters. The number of hydrogen-bond donors (Lipinski definition) is 1. The summed E-state index contributed by atoms with van der Waals surface area (Å²) in [5.41, 5.74) is -2.25. The number of carbonyl (C=O) groups is 1. The molecule has 1 saturated heterocycles. The monoisotopic (exact) mass is 465 g/mol. The normalized spacial score (nSPS) is 24.5. The number of aryl methyl sites for hydroxylation is 1. The summed E-state index contributed by atoms with van der Waals surface area (Å²) in [7, 11) is 0. The minimum absolute atomic E-state index is 0.0586. The summed E-state index contributed by atoms with van der Waals surface area (Å²) in [6, 6.07) is 2.42. The number of carbonyl (C=O) groups excluding carboxylic acids is 1. The molecule has 0 spiro atoms. The maximum absolute atomic E-state index is 13.5. The zero-order valence-corrected chi connectivity index (χ0v) is 17.6. The van der Waals surface area contributed by atoms with Gasteiger partial charge in [-0.05, 0) is 37.0 Å². The molecule has 174 valence electrons. The number of hydrogen-bond acceptors (Lipinski definition) is 6. The van der Waals surface area contributed by atoms with Crippen molar-refractivity contribution in [2.24, 2.45) is 5.92 Å². The number of urea groups is 1. The van der Waals surface area contributed by atoms with Gasteiger partial charge >= 0.3 is 12.2 Å². The summed E-state index contributed by atoms with van der Waals surface area (Å²) < 4.78 is 59.4. The van der Waals surface area contributed by atoms with Crippen LogP contribution in [-0.2, 0) is 11.7 Å². The Labute approximate surface area is 184 Å². The zero-order valence-electron chi connectivity index (χ0n) is 17.6. The average Bonchev–Trinajstić information content (AvgIpc) is 3.35. The molecular weight excluding hydrogens is 446 g/mol. The van der Waals surface area contributed by atoms with E-state index in [-0.39, 0.29) is 11.7 Å². The number of amides is 2. The molecule has 2 bridgehead atoms. The van der Waals surface area contributed by atoms with Crippen LogP contribution in [0.5, 0.6) is 0 Å². The maximum atomic E-state index is 13.5. The van der Waals surface area contributed by atoms with Gasteiger partial charge in [0.15, 0.2) is 0 Å². The molecule has 3 aromatic rings. The van der Waals surface area contributed by atoms with Crippen molar-refractivity contribution in [1.29, 1.82) is 0 Å². The van der Waals surface area contributed by atoms with Crippen LogP contribution in [-0.4, -0.2) is 42.2 Å². The van der Waals surface area contributed by atoms with Crippen molar-refractivity contribution in [1.82, 2.24) is 30.1 Å². The standard InChI is InChI=1S/C20H19F4N7O2/c1-10-5-13-8-19(7-10,17-28-27-11(2)33-17)30(13)18(32)26-12-3-4-14(20(22,23)24)15(6-12)31-25-9-16(21)29-31/h3-4,6,9-10,13H,5,7-8H2,1-2H3,(H,26,32). The number of nitrogens with one attached hydrogen (secondary N) is 1. The Morgan fingerprint density at radius 2 is 2.06 bits per heavy atom. The number of aromatic nitrogens is 5. The van der Waals surface area contributed by atoms with Crippen molar-refractivity contribution >= 4 is 11.7 Å². The lowest BCUT2D eigenvalue weighted by Crippen LogP contribution is -2.70. The molecule has 1 aliphatic heterocycles. The lowest BCUT2D eigenvalue weighted by atomic mass is 9.64. The van der Waals surface area contributed by atoms with E-state index < -0.39 is 34.9 Å².